The number of hydrogen-bond acceptors (Lipinski definition) is 4. The first-order chi connectivity index (χ1) is 4.77. The molecule has 1 atom stereocenters. The molecular weight excluding hydrogens is 150 g/mol. The fourth-order valence-electron chi connectivity index (χ4n) is 1.38. The lowest BCUT2D eigenvalue weighted by molar-refractivity contribution is -0.275. The van der Waals surface area contributed by atoms with Crippen LogP contribution in [0, 0.1) is 0 Å². The van der Waals surface area contributed by atoms with Crippen LogP contribution in [-0.4, -0.2) is 47.1 Å². The molecule has 0 aromatic carbocycles. The molecule has 2 fully saturated rings. The Morgan fingerprint density at radius 1 is 1.70 bits per heavy atom. The zero-order valence-electron chi connectivity index (χ0n) is 5.91. The van der Waals surface area contributed by atoms with E-state index in [0.717, 1.165) is 13.1 Å². The average molecular weight is 161 g/mol. The molecule has 0 saturated carbocycles. The summed E-state index contributed by atoms with van der Waals surface area (Å²) in [7, 11) is 0. The molecule has 10 heavy (non-hydrogen) atoms. The lowest BCUT2D eigenvalue weighted by atomic mass is 9.86. The Hall–Kier alpha value is 0.230. The number of aliphatic hydroxyl groups is 1. The van der Waals surface area contributed by atoms with Gasteiger partial charge in [0.25, 0.3) is 0 Å². The Morgan fingerprint density at radius 3 is 2.70 bits per heavy atom. The average Bonchev–Trinajstić information content (AvgIpc) is 1.83. The first-order valence-corrected chi connectivity index (χ1v) is 4.56. The van der Waals surface area contributed by atoms with Gasteiger partial charge in [0.1, 0.15) is 11.7 Å². The van der Waals surface area contributed by atoms with Gasteiger partial charge in [0.2, 0.25) is 0 Å². The van der Waals surface area contributed by atoms with Crippen molar-refractivity contribution < 1.29 is 9.84 Å². The molecule has 58 valence electrons. The molecular formula is C6H11NO2S. The van der Waals surface area contributed by atoms with E-state index in [-0.39, 0.29) is 11.7 Å². The molecule has 2 rings (SSSR count). The van der Waals surface area contributed by atoms with Crippen LogP contribution >= 0.6 is 11.9 Å². The summed E-state index contributed by atoms with van der Waals surface area (Å²) in [6, 6.07) is 0. The highest BCUT2D eigenvalue weighted by Crippen LogP contribution is 2.38. The minimum Gasteiger partial charge on any atom is -0.388 e. The van der Waals surface area contributed by atoms with Crippen molar-refractivity contribution in [2.45, 2.75) is 11.7 Å². The van der Waals surface area contributed by atoms with Gasteiger partial charge in [-0.3, -0.25) is 0 Å². The fraction of sp³-hybridized carbons (Fsp3) is 1.00. The molecule has 2 saturated heterocycles. The Bertz CT molecular complexity index is 147. The summed E-state index contributed by atoms with van der Waals surface area (Å²) in [6.45, 7) is 2.30. The van der Waals surface area contributed by atoms with Crippen molar-refractivity contribution in [3.8, 4) is 0 Å². The second-order valence-electron chi connectivity index (χ2n) is 2.87. The monoisotopic (exact) mass is 161 g/mol. The van der Waals surface area contributed by atoms with E-state index in [2.05, 4.69) is 4.31 Å². The van der Waals surface area contributed by atoms with E-state index in [1.165, 1.54) is 0 Å². The lowest BCUT2D eigenvalue weighted by Crippen LogP contribution is -2.74. The van der Waals surface area contributed by atoms with E-state index in [1.807, 2.05) is 6.26 Å². The number of aliphatic hydroxyl groups excluding tert-OH is 1. The van der Waals surface area contributed by atoms with Gasteiger partial charge in [0, 0.05) is 13.1 Å². The summed E-state index contributed by atoms with van der Waals surface area (Å²) >= 11 is 1.71. The topological polar surface area (TPSA) is 32.7 Å². The van der Waals surface area contributed by atoms with Gasteiger partial charge in [-0.15, -0.1) is 0 Å². The molecule has 2 aliphatic rings. The van der Waals surface area contributed by atoms with E-state index in [4.69, 9.17) is 4.74 Å². The first kappa shape index (κ1) is 6.91. The molecule has 2 heterocycles. The van der Waals surface area contributed by atoms with Crippen molar-refractivity contribution in [2.75, 3.05) is 26.0 Å². The van der Waals surface area contributed by atoms with E-state index in [0.29, 0.717) is 6.61 Å². The molecule has 0 radical (unpaired) electrons. The minimum atomic E-state index is -0.212. The summed E-state index contributed by atoms with van der Waals surface area (Å²) in [5.41, 5.74) is -0.164. The molecule has 0 aromatic heterocycles. The Balaban J connectivity index is 1.88. The highest BCUT2D eigenvalue weighted by molar-refractivity contribution is 7.96. The van der Waals surface area contributed by atoms with Crippen LogP contribution in [0.2, 0.25) is 0 Å². The molecule has 1 spiro atoms. The number of hydrogen-bond donors (Lipinski definition) is 1. The molecule has 2 aliphatic heterocycles. The van der Waals surface area contributed by atoms with Gasteiger partial charge in [-0.1, -0.05) is 11.9 Å². The van der Waals surface area contributed by atoms with Gasteiger partial charge in [-0.25, -0.2) is 4.31 Å². The summed E-state index contributed by atoms with van der Waals surface area (Å²) < 4.78 is 7.48. The molecule has 0 aromatic rings. The minimum absolute atomic E-state index is 0.164. The Morgan fingerprint density at radius 2 is 2.40 bits per heavy atom. The quantitative estimate of drug-likeness (QED) is 0.536. The van der Waals surface area contributed by atoms with Crippen molar-refractivity contribution in [2.24, 2.45) is 0 Å². The van der Waals surface area contributed by atoms with E-state index in [9.17, 15) is 5.11 Å². The second-order valence-corrected chi connectivity index (χ2v) is 3.75. The number of nitrogens with zero attached hydrogens (tertiary/aromatic N) is 1. The molecule has 3 nitrogen and oxygen atoms in total. The summed E-state index contributed by atoms with van der Waals surface area (Å²) in [6.07, 6.45) is 1.83. The SMILES string of the molecule is CSN1CC2(C1)OCC2O. The third-order valence-electron chi connectivity index (χ3n) is 2.28. The van der Waals surface area contributed by atoms with Crippen molar-refractivity contribution >= 4 is 11.9 Å². The molecule has 0 bridgehead atoms. The van der Waals surface area contributed by atoms with Crippen LogP contribution in [0.4, 0.5) is 0 Å². The molecule has 4 heteroatoms. The normalized spacial score (nSPS) is 37.2. The van der Waals surface area contributed by atoms with Gasteiger partial charge >= 0.3 is 0 Å². The van der Waals surface area contributed by atoms with Crippen LogP contribution in [0.3, 0.4) is 0 Å². The zero-order valence-corrected chi connectivity index (χ0v) is 6.73. The van der Waals surface area contributed by atoms with Crippen LogP contribution < -0.4 is 0 Å². The predicted octanol–water partition coefficient (Wildman–Crippen LogP) is -0.290. The molecule has 0 amide bonds. The van der Waals surface area contributed by atoms with Crippen LogP contribution in [0.5, 0.6) is 0 Å². The Labute approximate surface area is 64.5 Å². The van der Waals surface area contributed by atoms with E-state index in [1.54, 1.807) is 11.9 Å². The second kappa shape index (κ2) is 2.11. The van der Waals surface area contributed by atoms with Gasteiger partial charge < -0.3 is 9.84 Å². The number of rotatable bonds is 1. The highest BCUT2D eigenvalue weighted by atomic mass is 32.2. The van der Waals surface area contributed by atoms with Crippen LogP contribution in [-0.2, 0) is 4.74 Å². The van der Waals surface area contributed by atoms with Gasteiger partial charge in [-0.2, -0.15) is 0 Å². The first-order valence-electron chi connectivity index (χ1n) is 3.38. The van der Waals surface area contributed by atoms with E-state index < -0.39 is 0 Å². The third kappa shape index (κ3) is 0.733. The van der Waals surface area contributed by atoms with Gasteiger partial charge in [-0.05, 0) is 6.26 Å². The lowest BCUT2D eigenvalue weighted by Gasteiger charge is -2.56. The van der Waals surface area contributed by atoms with Crippen LogP contribution in [0.25, 0.3) is 0 Å². The summed E-state index contributed by atoms with van der Waals surface area (Å²) in [5.74, 6) is 0. The van der Waals surface area contributed by atoms with Crippen molar-refractivity contribution in [1.29, 1.82) is 0 Å². The van der Waals surface area contributed by atoms with Crippen molar-refractivity contribution in [1.82, 2.24) is 4.31 Å². The van der Waals surface area contributed by atoms with Gasteiger partial charge in [0.05, 0.1) is 6.61 Å². The zero-order chi connectivity index (χ0) is 7.19. The molecule has 0 aliphatic carbocycles. The standard InChI is InChI=1S/C6H11NO2S/c1-10-7-3-6(4-7)5(8)2-9-6/h5,8H,2-4H2,1H3. The highest BCUT2D eigenvalue weighted by Gasteiger charge is 2.56. The van der Waals surface area contributed by atoms with E-state index >= 15 is 0 Å². The van der Waals surface area contributed by atoms with Crippen LogP contribution in [0.15, 0.2) is 0 Å². The largest absolute Gasteiger partial charge is 0.388 e. The van der Waals surface area contributed by atoms with Gasteiger partial charge in [0.15, 0.2) is 0 Å². The van der Waals surface area contributed by atoms with Crippen molar-refractivity contribution in [3.05, 3.63) is 0 Å². The summed E-state index contributed by atoms with van der Waals surface area (Å²) in [5, 5.41) is 9.27. The van der Waals surface area contributed by atoms with Crippen molar-refractivity contribution in [3.63, 3.8) is 0 Å². The summed E-state index contributed by atoms with van der Waals surface area (Å²) in [4.78, 5) is 0. The molecule has 1 N–H and O–H groups in total. The molecule has 1 unspecified atom stereocenters. The third-order valence-corrected chi connectivity index (χ3v) is 3.06. The fourth-order valence-corrected chi connectivity index (χ4v) is 2.07. The number of ether oxygens (including phenoxy) is 1. The smallest absolute Gasteiger partial charge is 0.123 e. The Kier molecular flexibility index (Phi) is 1.46. The predicted molar refractivity (Wildman–Crippen MR) is 39.8 cm³/mol. The maximum absolute atomic E-state index is 9.27. The maximum atomic E-state index is 9.27. The van der Waals surface area contributed by atoms with Crippen LogP contribution in [0.1, 0.15) is 0 Å². The maximum Gasteiger partial charge on any atom is 0.123 e.